The zero-order valence-electron chi connectivity index (χ0n) is 12.2. The Kier molecular flexibility index (Phi) is 5.51. The number of fused-ring (bicyclic) bond motifs is 1. The Hall–Kier alpha value is -1.93. The smallest absolute Gasteiger partial charge is 0.341 e. The van der Waals surface area contributed by atoms with E-state index in [2.05, 4.69) is 10.6 Å². The van der Waals surface area contributed by atoms with Crippen LogP contribution < -0.4 is 10.6 Å². The summed E-state index contributed by atoms with van der Waals surface area (Å²) in [6.07, 6.45) is 3.65. The molecule has 1 heterocycles. The van der Waals surface area contributed by atoms with Crippen LogP contribution in [0.25, 0.3) is 0 Å². The zero-order valence-corrected chi connectivity index (χ0v) is 13.0. The Morgan fingerprint density at radius 3 is 2.64 bits per heavy atom. The maximum atomic E-state index is 12.0. The minimum Gasteiger partial charge on any atom is -0.465 e. The molecule has 22 heavy (non-hydrogen) atoms. The summed E-state index contributed by atoms with van der Waals surface area (Å²) in [6.45, 7) is -0.253. The van der Waals surface area contributed by atoms with Crippen LogP contribution in [0, 0.1) is 0 Å². The van der Waals surface area contributed by atoms with Crippen molar-refractivity contribution >= 4 is 34.1 Å². The van der Waals surface area contributed by atoms with Crippen LogP contribution in [-0.4, -0.2) is 43.2 Å². The van der Waals surface area contributed by atoms with Gasteiger partial charge < -0.3 is 20.5 Å². The summed E-state index contributed by atoms with van der Waals surface area (Å²) in [6, 6.07) is 0. The first kappa shape index (κ1) is 16.4. The van der Waals surface area contributed by atoms with Gasteiger partial charge in [0.25, 0.3) is 0 Å². The normalized spacial score (nSPS) is 13.2. The first-order valence-corrected chi connectivity index (χ1v) is 7.83. The van der Waals surface area contributed by atoms with E-state index in [1.54, 1.807) is 0 Å². The van der Waals surface area contributed by atoms with Gasteiger partial charge >= 0.3 is 17.8 Å². The van der Waals surface area contributed by atoms with Crippen molar-refractivity contribution in [3.8, 4) is 0 Å². The number of hydrogen-bond acceptors (Lipinski definition) is 6. The number of amides is 2. The standard InChI is InChI=1S/C14H18N2O5S/c1-21-14(20)10-8-4-2-3-5-9(8)22-13(10)16-12(19)11(18)15-6-7-17/h17H,2-7H2,1H3,(H,15,18)(H,16,19). The molecule has 0 aromatic carbocycles. The highest BCUT2D eigenvalue weighted by atomic mass is 32.1. The predicted molar refractivity (Wildman–Crippen MR) is 81.0 cm³/mol. The molecule has 0 fully saturated rings. The molecule has 3 N–H and O–H groups in total. The summed E-state index contributed by atoms with van der Waals surface area (Å²) >= 11 is 1.31. The second-order valence-electron chi connectivity index (χ2n) is 4.84. The molecular formula is C14H18N2O5S. The molecule has 0 radical (unpaired) electrons. The van der Waals surface area contributed by atoms with Crippen molar-refractivity contribution in [2.75, 3.05) is 25.6 Å². The van der Waals surface area contributed by atoms with E-state index in [1.807, 2.05) is 0 Å². The van der Waals surface area contributed by atoms with Crippen LogP contribution in [0.2, 0.25) is 0 Å². The monoisotopic (exact) mass is 326 g/mol. The van der Waals surface area contributed by atoms with E-state index >= 15 is 0 Å². The van der Waals surface area contributed by atoms with Crippen molar-refractivity contribution in [1.29, 1.82) is 0 Å². The number of anilines is 1. The highest BCUT2D eigenvalue weighted by Gasteiger charge is 2.27. The number of rotatable bonds is 4. The Morgan fingerprint density at radius 2 is 1.95 bits per heavy atom. The van der Waals surface area contributed by atoms with Crippen molar-refractivity contribution < 1.29 is 24.2 Å². The van der Waals surface area contributed by atoms with Crippen LogP contribution in [0.1, 0.15) is 33.6 Å². The van der Waals surface area contributed by atoms with E-state index in [9.17, 15) is 14.4 Å². The molecule has 0 saturated carbocycles. The van der Waals surface area contributed by atoms with E-state index in [0.29, 0.717) is 10.6 Å². The lowest BCUT2D eigenvalue weighted by atomic mass is 9.95. The lowest BCUT2D eigenvalue weighted by molar-refractivity contribution is -0.136. The molecule has 0 bridgehead atoms. The van der Waals surface area contributed by atoms with Crippen LogP contribution in [0.4, 0.5) is 5.00 Å². The second kappa shape index (κ2) is 7.37. The number of methoxy groups -OCH3 is 1. The van der Waals surface area contributed by atoms with Gasteiger partial charge in [-0.05, 0) is 31.2 Å². The lowest BCUT2D eigenvalue weighted by Gasteiger charge is -2.11. The SMILES string of the molecule is COC(=O)c1c(NC(=O)C(=O)NCCO)sc2c1CCCC2. The number of hydrogen-bond donors (Lipinski definition) is 3. The van der Waals surface area contributed by atoms with Gasteiger partial charge in [0.2, 0.25) is 0 Å². The third-order valence-corrected chi connectivity index (χ3v) is 4.60. The molecule has 1 aromatic heterocycles. The number of aliphatic hydroxyl groups is 1. The fraction of sp³-hybridized carbons (Fsp3) is 0.500. The molecule has 1 aliphatic carbocycles. The Labute approximate surface area is 131 Å². The molecule has 8 heteroatoms. The lowest BCUT2D eigenvalue weighted by Crippen LogP contribution is -2.36. The maximum Gasteiger partial charge on any atom is 0.341 e. The predicted octanol–water partition coefficient (Wildman–Crippen LogP) is 0.460. The summed E-state index contributed by atoms with van der Waals surface area (Å²) in [7, 11) is 1.29. The molecule has 0 atom stereocenters. The molecule has 120 valence electrons. The minimum atomic E-state index is -0.864. The Bertz CT molecular complexity index is 596. The third-order valence-electron chi connectivity index (χ3n) is 3.39. The highest BCUT2D eigenvalue weighted by Crippen LogP contribution is 2.38. The fourth-order valence-electron chi connectivity index (χ4n) is 2.38. The van der Waals surface area contributed by atoms with E-state index in [-0.39, 0.29) is 13.2 Å². The first-order chi connectivity index (χ1) is 10.6. The van der Waals surface area contributed by atoms with Crippen LogP contribution in [0.15, 0.2) is 0 Å². The quantitative estimate of drug-likeness (QED) is 0.551. The summed E-state index contributed by atoms with van der Waals surface area (Å²) in [5.41, 5.74) is 1.26. The summed E-state index contributed by atoms with van der Waals surface area (Å²) < 4.78 is 4.79. The molecule has 2 rings (SSSR count). The van der Waals surface area contributed by atoms with E-state index in [1.165, 1.54) is 18.4 Å². The third kappa shape index (κ3) is 3.45. The van der Waals surface area contributed by atoms with E-state index in [4.69, 9.17) is 9.84 Å². The minimum absolute atomic E-state index is 0.00292. The largest absolute Gasteiger partial charge is 0.465 e. The number of carbonyl (C=O) groups is 3. The number of ether oxygens (including phenoxy) is 1. The second-order valence-corrected chi connectivity index (χ2v) is 5.95. The number of nitrogens with one attached hydrogen (secondary N) is 2. The molecule has 1 aromatic rings. The van der Waals surface area contributed by atoms with Gasteiger partial charge in [0.05, 0.1) is 19.3 Å². The molecule has 2 amide bonds. The fourth-order valence-corrected chi connectivity index (χ4v) is 3.65. The summed E-state index contributed by atoms with van der Waals surface area (Å²) in [5.74, 6) is -2.22. The summed E-state index contributed by atoms with van der Waals surface area (Å²) in [4.78, 5) is 36.4. The Balaban J connectivity index is 2.23. The van der Waals surface area contributed by atoms with Crippen LogP contribution in [0.5, 0.6) is 0 Å². The molecular weight excluding hydrogens is 308 g/mol. The molecule has 1 aliphatic rings. The summed E-state index contributed by atoms with van der Waals surface area (Å²) in [5, 5.41) is 13.7. The van der Waals surface area contributed by atoms with Crippen molar-refractivity contribution in [2.24, 2.45) is 0 Å². The average molecular weight is 326 g/mol. The van der Waals surface area contributed by atoms with Crippen molar-refractivity contribution in [3.63, 3.8) is 0 Å². The van der Waals surface area contributed by atoms with Crippen molar-refractivity contribution in [2.45, 2.75) is 25.7 Å². The zero-order chi connectivity index (χ0) is 16.1. The topological polar surface area (TPSA) is 105 Å². The maximum absolute atomic E-state index is 12.0. The van der Waals surface area contributed by atoms with Crippen LogP contribution in [-0.2, 0) is 27.2 Å². The first-order valence-electron chi connectivity index (χ1n) is 7.01. The van der Waals surface area contributed by atoms with Crippen molar-refractivity contribution in [3.05, 3.63) is 16.0 Å². The number of carbonyl (C=O) groups excluding carboxylic acids is 3. The van der Waals surface area contributed by atoms with Crippen LogP contribution in [0.3, 0.4) is 0 Å². The Morgan fingerprint density at radius 1 is 1.23 bits per heavy atom. The van der Waals surface area contributed by atoms with Gasteiger partial charge in [-0.3, -0.25) is 9.59 Å². The number of aryl methyl sites for hydroxylation is 1. The van der Waals surface area contributed by atoms with Crippen molar-refractivity contribution in [1.82, 2.24) is 5.32 Å². The molecule has 0 saturated heterocycles. The van der Waals surface area contributed by atoms with Gasteiger partial charge in [0, 0.05) is 11.4 Å². The number of esters is 1. The molecule has 7 nitrogen and oxygen atoms in total. The van der Waals surface area contributed by atoms with Gasteiger partial charge in [-0.25, -0.2) is 4.79 Å². The molecule has 0 spiro atoms. The van der Waals surface area contributed by atoms with Gasteiger partial charge in [-0.15, -0.1) is 11.3 Å². The van der Waals surface area contributed by atoms with Gasteiger partial charge in [0.1, 0.15) is 5.00 Å². The van der Waals surface area contributed by atoms with E-state index in [0.717, 1.165) is 36.1 Å². The average Bonchev–Trinajstić information content (AvgIpc) is 2.89. The number of thiophene rings is 1. The van der Waals surface area contributed by atoms with Crippen LogP contribution >= 0.6 is 11.3 Å². The molecule has 0 aliphatic heterocycles. The van der Waals surface area contributed by atoms with Gasteiger partial charge in [-0.1, -0.05) is 0 Å². The van der Waals surface area contributed by atoms with E-state index < -0.39 is 17.8 Å². The molecule has 0 unspecified atom stereocenters. The highest BCUT2D eigenvalue weighted by molar-refractivity contribution is 7.17. The number of aliphatic hydroxyl groups excluding tert-OH is 1. The van der Waals surface area contributed by atoms with Gasteiger partial charge in [-0.2, -0.15) is 0 Å². The van der Waals surface area contributed by atoms with Gasteiger partial charge in [0.15, 0.2) is 0 Å².